The normalized spacial score (nSPS) is 17.0. The Morgan fingerprint density at radius 3 is 2.52 bits per heavy atom. The Balaban J connectivity index is 2.07. The molecule has 2 N–H and O–H groups in total. The highest BCUT2D eigenvalue weighted by Gasteiger charge is 2.25. The van der Waals surface area contributed by atoms with Crippen LogP contribution in [0.25, 0.3) is 0 Å². The van der Waals surface area contributed by atoms with Gasteiger partial charge in [-0.3, -0.25) is 19.3 Å². The second-order valence-electron chi connectivity index (χ2n) is 7.14. The van der Waals surface area contributed by atoms with Crippen LogP contribution < -0.4 is 11.2 Å². The molecule has 1 aromatic carbocycles. The molecule has 0 radical (unpaired) electrons. The van der Waals surface area contributed by atoms with Crippen LogP contribution in [0.5, 0.6) is 5.88 Å². The lowest BCUT2D eigenvalue weighted by Crippen LogP contribution is -2.36. The number of H-pyrrole nitrogens is 1. The number of aromatic nitrogens is 2. The van der Waals surface area contributed by atoms with Crippen LogP contribution in [0.1, 0.15) is 75.6 Å². The largest absolute Gasteiger partial charge is 0.494 e. The quantitative estimate of drug-likeness (QED) is 0.788. The van der Waals surface area contributed by atoms with Gasteiger partial charge in [0.15, 0.2) is 0 Å². The van der Waals surface area contributed by atoms with Gasteiger partial charge in [0.2, 0.25) is 5.88 Å². The van der Waals surface area contributed by atoms with Crippen LogP contribution in [0.3, 0.4) is 0 Å². The van der Waals surface area contributed by atoms with Gasteiger partial charge in [-0.15, -0.1) is 0 Å². The fraction of sp³-hybridized carbons (Fsp3) is 0.476. The highest BCUT2D eigenvalue weighted by atomic mass is 16.3. The lowest BCUT2D eigenvalue weighted by Gasteiger charge is -2.25. The average molecular weight is 369 g/mol. The van der Waals surface area contributed by atoms with Crippen molar-refractivity contribution in [2.24, 2.45) is 4.99 Å². The van der Waals surface area contributed by atoms with E-state index in [1.807, 2.05) is 44.2 Å². The van der Waals surface area contributed by atoms with Gasteiger partial charge in [0.05, 0.1) is 11.8 Å². The predicted octanol–water partition coefficient (Wildman–Crippen LogP) is 3.71. The van der Waals surface area contributed by atoms with E-state index in [1.54, 1.807) is 0 Å². The standard InChI is InChI=1S/C21H27N3O3/c1-3-17(22-14(2)15-10-6-4-7-11-15)18-19(25)23-21(27)24(20(18)26)16-12-8-5-9-13-16/h4,6-7,10-11,14,16,26H,3,5,8-9,12-13H2,1-2H3,(H,23,25,27)/t14-/m1/s1. The number of nitrogens with zero attached hydrogens (tertiary/aromatic N) is 2. The summed E-state index contributed by atoms with van der Waals surface area (Å²) in [4.78, 5) is 32.0. The Hall–Kier alpha value is -2.63. The minimum Gasteiger partial charge on any atom is -0.494 e. The first kappa shape index (κ1) is 19.1. The van der Waals surface area contributed by atoms with Gasteiger partial charge in [-0.05, 0) is 31.7 Å². The predicted molar refractivity (Wildman–Crippen MR) is 107 cm³/mol. The Labute approximate surface area is 158 Å². The fourth-order valence-corrected chi connectivity index (χ4v) is 3.85. The summed E-state index contributed by atoms with van der Waals surface area (Å²) in [6.45, 7) is 3.85. The zero-order valence-electron chi connectivity index (χ0n) is 15.9. The van der Waals surface area contributed by atoms with Crippen molar-refractivity contribution in [3.8, 4) is 5.88 Å². The summed E-state index contributed by atoms with van der Waals surface area (Å²) in [6.07, 6.45) is 5.32. The van der Waals surface area contributed by atoms with Gasteiger partial charge in [0, 0.05) is 6.04 Å². The minimum absolute atomic E-state index is 0.0773. The van der Waals surface area contributed by atoms with Gasteiger partial charge >= 0.3 is 5.69 Å². The molecule has 0 unspecified atom stereocenters. The van der Waals surface area contributed by atoms with E-state index in [0.717, 1.165) is 37.7 Å². The van der Waals surface area contributed by atoms with Gasteiger partial charge in [0.1, 0.15) is 5.56 Å². The van der Waals surface area contributed by atoms with Crippen molar-refractivity contribution in [2.45, 2.75) is 64.5 Å². The number of hydrogen-bond donors (Lipinski definition) is 2. The van der Waals surface area contributed by atoms with Crippen LogP contribution in [0.2, 0.25) is 0 Å². The third-order valence-electron chi connectivity index (χ3n) is 5.31. The molecule has 3 rings (SSSR count). The third kappa shape index (κ3) is 4.04. The lowest BCUT2D eigenvalue weighted by molar-refractivity contribution is 0.298. The van der Waals surface area contributed by atoms with Crippen LogP contribution in [0.4, 0.5) is 0 Å². The number of rotatable bonds is 5. The summed E-state index contributed by atoms with van der Waals surface area (Å²) in [5, 5.41) is 10.8. The molecule has 0 bridgehead atoms. The van der Waals surface area contributed by atoms with E-state index in [-0.39, 0.29) is 23.5 Å². The maximum absolute atomic E-state index is 12.5. The smallest absolute Gasteiger partial charge is 0.331 e. The van der Waals surface area contributed by atoms with E-state index in [0.29, 0.717) is 12.1 Å². The van der Waals surface area contributed by atoms with Crippen molar-refractivity contribution >= 4 is 5.71 Å². The van der Waals surface area contributed by atoms with Gasteiger partial charge in [-0.1, -0.05) is 56.5 Å². The fourth-order valence-electron chi connectivity index (χ4n) is 3.85. The molecule has 1 saturated carbocycles. The lowest BCUT2D eigenvalue weighted by atomic mass is 9.95. The van der Waals surface area contributed by atoms with Crippen molar-refractivity contribution < 1.29 is 5.11 Å². The topological polar surface area (TPSA) is 87.4 Å². The summed E-state index contributed by atoms with van der Waals surface area (Å²) in [5.41, 5.74) is 0.533. The molecule has 2 aromatic rings. The monoisotopic (exact) mass is 369 g/mol. The number of aromatic hydroxyl groups is 1. The molecule has 0 aliphatic heterocycles. The summed E-state index contributed by atoms with van der Waals surface area (Å²) in [6, 6.07) is 9.56. The molecule has 6 heteroatoms. The molecule has 1 aliphatic carbocycles. The van der Waals surface area contributed by atoms with Crippen molar-refractivity contribution in [3.63, 3.8) is 0 Å². The first-order valence-corrected chi connectivity index (χ1v) is 9.72. The molecule has 0 saturated heterocycles. The van der Waals surface area contributed by atoms with Crippen molar-refractivity contribution in [1.82, 2.24) is 9.55 Å². The van der Waals surface area contributed by atoms with E-state index in [1.165, 1.54) is 4.57 Å². The highest BCUT2D eigenvalue weighted by Crippen LogP contribution is 2.30. The summed E-state index contributed by atoms with van der Waals surface area (Å²) >= 11 is 0. The molecule has 0 amide bonds. The molecule has 1 heterocycles. The molecule has 1 aromatic heterocycles. The maximum atomic E-state index is 12.5. The second kappa shape index (κ2) is 8.37. The highest BCUT2D eigenvalue weighted by molar-refractivity contribution is 6.02. The van der Waals surface area contributed by atoms with Crippen molar-refractivity contribution in [3.05, 3.63) is 62.3 Å². The van der Waals surface area contributed by atoms with E-state index in [9.17, 15) is 14.7 Å². The van der Waals surface area contributed by atoms with Crippen LogP contribution in [-0.2, 0) is 0 Å². The minimum atomic E-state index is -0.578. The summed E-state index contributed by atoms with van der Waals surface area (Å²) < 4.78 is 1.36. The van der Waals surface area contributed by atoms with Gasteiger partial charge < -0.3 is 5.11 Å². The molecular formula is C21H27N3O3. The molecule has 0 spiro atoms. The molecule has 6 nitrogen and oxygen atoms in total. The zero-order chi connectivity index (χ0) is 19.4. The van der Waals surface area contributed by atoms with Gasteiger partial charge in [-0.25, -0.2) is 4.79 Å². The Bertz CT molecular complexity index is 922. The Kier molecular flexibility index (Phi) is 5.94. The van der Waals surface area contributed by atoms with E-state index in [2.05, 4.69) is 4.98 Å². The third-order valence-corrected chi connectivity index (χ3v) is 5.31. The van der Waals surface area contributed by atoms with Crippen LogP contribution >= 0.6 is 0 Å². The number of hydrogen-bond acceptors (Lipinski definition) is 4. The van der Waals surface area contributed by atoms with Crippen molar-refractivity contribution in [2.75, 3.05) is 0 Å². The molecule has 144 valence electrons. The van der Waals surface area contributed by atoms with Crippen LogP contribution in [-0.4, -0.2) is 20.4 Å². The second-order valence-corrected chi connectivity index (χ2v) is 7.14. The van der Waals surface area contributed by atoms with E-state index < -0.39 is 11.2 Å². The molecule has 1 aliphatic rings. The molecule has 1 fully saturated rings. The number of nitrogens with one attached hydrogen (secondary N) is 1. The first-order chi connectivity index (χ1) is 13.0. The molecule has 1 atom stereocenters. The van der Waals surface area contributed by atoms with Gasteiger partial charge in [-0.2, -0.15) is 0 Å². The van der Waals surface area contributed by atoms with E-state index in [4.69, 9.17) is 4.99 Å². The summed E-state index contributed by atoms with van der Waals surface area (Å²) in [7, 11) is 0. The summed E-state index contributed by atoms with van der Waals surface area (Å²) in [5.74, 6) is -0.253. The zero-order valence-corrected chi connectivity index (χ0v) is 15.9. The number of aromatic amines is 1. The van der Waals surface area contributed by atoms with Crippen LogP contribution in [0, 0.1) is 0 Å². The van der Waals surface area contributed by atoms with Gasteiger partial charge in [0.25, 0.3) is 5.56 Å². The first-order valence-electron chi connectivity index (χ1n) is 9.72. The number of aliphatic imine (C=N–C) groups is 1. The van der Waals surface area contributed by atoms with Crippen LogP contribution in [0.15, 0.2) is 44.9 Å². The average Bonchev–Trinajstić information content (AvgIpc) is 2.68. The van der Waals surface area contributed by atoms with Crippen molar-refractivity contribution in [1.29, 1.82) is 0 Å². The van der Waals surface area contributed by atoms with E-state index >= 15 is 0 Å². The molecular weight excluding hydrogens is 342 g/mol. The number of benzene rings is 1. The maximum Gasteiger partial charge on any atom is 0.331 e. The Morgan fingerprint density at radius 2 is 1.89 bits per heavy atom. The SMILES string of the molecule is CCC(=N[C@H](C)c1ccccc1)c1c(O)n(C2CCCCC2)c(=O)[nH]c1=O. The Morgan fingerprint density at radius 1 is 1.22 bits per heavy atom. The molecule has 27 heavy (non-hydrogen) atoms.